The van der Waals surface area contributed by atoms with Crippen LogP contribution in [0.3, 0.4) is 0 Å². The molecule has 0 amide bonds. The fourth-order valence-electron chi connectivity index (χ4n) is 7.39. The van der Waals surface area contributed by atoms with Crippen molar-refractivity contribution in [2.45, 2.75) is 0 Å². The molecule has 0 bridgehead atoms. The Bertz CT molecular complexity index is 2660. The summed E-state index contributed by atoms with van der Waals surface area (Å²) in [5, 5.41) is 4.57. The monoisotopic (exact) mass is 638 g/mol. The Morgan fingerprint density at radius 1 is 0.240 bits per heavy atom. The van der Waals surface area contributed by atoms with Crippen LogP contribution in [-0.4, -0.2) is 0 Å². The normalized spacial score (nSPS) is 11.6. The number of rotatable bonds is 5. The number of hydrogen-bond acceptors (Lipinski definition) is 2. The number of furan rings is 2. The van der Waals surface area contributed by atoms with Gasteiger partial charge in [-0.05, 0) is 74.8 Å². The summed E-state index contributed by atoms with van der Waals surface area (Å²) >= 11 is 0. The van der Waals surface area contributed by atoms with Gasteiger partial charge < -0.3 is 8.83 Å². The molecule has 0 saturated heterocycles. The van der Waals surface area contributed by atoms with Gasteiger partial charge in [-0.25, -0.2) is 0 Å². The summed E-state index contributed by atoms with van der Waals surface area (Å²) in [5.74, 6) is 0. The first-order chi connectivity index (χ1) is 24.8. The minimum Gasteiger partial charge on any atom is -0.455 e. The third-order valence-corrected chi connectivity index (χ3v) is 9.91. The topological polar surface area (TPSA) is 26.3 Å². The zero-order chi connectivity index (χ0) is 33.0. The predicted molar refractivity (Wildman–Crippen MR) is 208 cm³/mol. The molecular formula is C48H30O2. The molecule has 10 rings (SSSR count). The Kier molecular flexibility index (Phi) is 6.53. The number of benzene rings is 8. The van der Waals surface area contributed by atoms with Crippen LogP contribution >= 0.6 is 0 Å². The lowest BCUT2D eigenvalue weighted by atomic mass is 9.92. The molecule has 10 aromatic rings. The van der Waals surface area contributed by atoms with Crippen LogP contribution < -0.4 is 0 Å². The van der Waals surface area contributed by atoms with Crippen molar-refractivity contribution in [2.75, 3.05) is 0 Å². The van der Waals surface area contributed by atoms with E-state index in [1.165, 1.54) is 22.3 Å². The molecule has 0 aliphatic rings. The highest BCUT2D eigenvalue weighted by Gasteiger charge is 2.15. The van der Waals surface area contributed by atoms with Crippen LogP contribution in [-0.2, 0) is 0 Å². The van der Waals surface area contributed by atoms with E-state index in [-0.39, 0.29) is 0 Å². The van der Waals surface area contributed by atoms with Gasteiger partial charge >= 0.3 is 0 Å². The maximum atomic E-state index is 6.35. The highest BCUT2D eigenvalue weighted by atomic mass is 16.3. The van der Waals surface area contributed by atoms with Gasteiger partial charge in [-0.2, -0.15) is 0 Å². The van der Waals surface area contributed by atoms with Crippen molar-refractivity contribution in [3.8, 4) is 55.6 Å². The molecule has 2 heteroatoms. The maximum Gasteiger partial charge on any atom is 0.143 e. The molecule has 0 radical (unpaired) electrons. The summed E-state index contributed by atoms with van der Waals surface area (Å²) in [6.07, 6.45) is 0. The molecule has 2 heterocycles. The molecular weight excluding hydrogens is 609 g/mol. The average molecular weight is 639 g/mol. The maximum absolute atomic E-state index is 6.35. The Labute approximate surface area is 289 Å². The molecule has 2 nitrogen and oxygen atoms in total. The van der Waals surface area contributed by atoms with E-state index in [1.54, 1.807) is 0 Å². The number of fused-ring (bicyclic) bond motifs is 6. The zero-order valence-corrected chi connectivity index (χ0v) is 27.1. The predicted octanol–water partition coefficient (Wildman–Crippen LogP) is 13.8. The van der Waals surface area contributed by atoms with Gasteiger partial charge in [0.15, 0.2) is 0 Å². The molecule has 0 atom stereocenters. The van der Waals surface area contributed by atoms with Crippen LogP contribution in [0.4, 0.5) is 0 Å². The highest BCUT2D eigenvalue weighted by molar-refractivity contribution is 6.10. The third-order valence-electron chi connectivity index (χ3n) is 9.91. The van der Waals surface area contributed by atoms with Crippen molar-refractivity contribution in [2.24, 2.45) is 0 Å². The van der Waals surface area contributed by atoms with Gasteiger partial charge in [-0.3, -0.25) is 0 Å². The molecule has 50 heavy (non-hydrogen) atoms. The van der Waals surface area contributed by atoms with Crippen molar-refractivity contribution in [1.82, 2.24) is 0 Å². The quantitative estimate of drug-likeness (QED) is 0.187. The van der Waals surface area contributed by atoms with E-state index in [9.17, 15) is 0 Å². The molecule has 8 aromatic carbocycles. The average Bonchev–Trinajstić information content (AvgIpc) is 3.77. The van der Waals surface area contributed by atoms with Gasteiger partial charge in [0.05, 0.1) is 0 Å². The molecule has 0 fully saturated rings. The van der Waals surface area contributed by atoms with Gasteiger partial charge in [-0.15, -0.1) is 0 Å². The Morgan fingerprint density at radius 3 is 1.06 bits per heavy atom. The van der Waals surface area contributed by atoms with E-state index in [2.05, 4.69) is 158 Å². The lowest BCUT2D eigenvalue weighted by molar-refractivity contribution is 0.669. The minimum absolute atomic E-state index is 0.913. The van der Waals surface area contributed by atoms with Gasteiger partial charge in [0, 0.05) is 32.7 Å². The third kappa shape index (κ3) is 4.73. The second-order valence-electron chi connectivity index (χ2n) is 12.9. The minimum atomic E-state index is 0.913. The zero-order valence-electron chi connectivity index (χ0n) is 27.1. The van der Waals surface area contributed by atoms with Gasteiger partial charge in [0.25, 0.3) is 0 Å². The first-order valence-corrected chi connectivity index (χ1v) is 17.0. The van der Waals surface area contributed by atoms with Crippen molar-refractivity contribution in [1.29, 1.82) is 0 Å². The smallest absolute Gasteiger partial charge is 0.143 e. The molecule has 0 N–H and O–H groups in total. The molecule has 2 aromatic heterocycles. The second kappa shape index (κ2) is 11.5. The van der Waals surface area contributed by atoms with Crippen LogP contribution in [0.25, 0.3) is 99.5 Å². The first kappa shape index (κ1) is 28.4. The summed E-state index contributed by atoms with van der Waals surface area (Å²) < 4.78 is 12.7. The Balaban J connectivity index is 1.04. The number of para-hydroxylation sites is 4. The van der Waals surface area contributed by atoms with Crippen LogP contribution in [0.2, 0.25) is 0 Å². The summed E-state index contributed by atoms with van der Waals surface area (Å²) in [6, 6.07) is 64.5. The number of hydrogen-bond donors (Lipinski definition) is 0. The van der Waals surface area contributed by atoms with Gasteiger partial charge in [0.1, 0.15) is 22.3 Å². The van der Waals surface area contributed by atoms with Crippen molar-refractivity contribution in [3.05, 3.63) is 182 Å². The van der Waals surface area contributed by atoms with E-state index in [4.69, 9.17) is 8.83 Å². The molecule has 0 unspecified atom stereocenters. The summed E-state index contributed by atoms with van der Waals surface area (Å²) in [5.41, 5.74) is 15.2. The lowest BCUT2D eigenvalue weighted by Crippen LogP contribution is -1.87. The van der Waals surface area contributed by atoms with Crippen LogP contribution in [0.1, 0.15) is 0 Å². The van der Waals surface area contributed by atoms with E-state index in [1.807, 2.05) is 24.3 Å². The largest absolute Gasteiger partial charge is 0.455 e. The van der Waals surface area contributed by atoms with E-state index >= 15 is 0 Å². The standard InChI is InChI=1S/C48H30O2/c1-2-10-31(11-3-1)36-28-37(32-20-24-34(25-21-32)39-14-8-16-43-41-12-4-6-18-45(41)49-47(39)43)30-38(29-36)33-22-26-35(27-23-33)40-15-9-17-44-42-13-5-7-19-46(42)50-48(40)44/h1-30H. The van der Waals surface area contributed by atoms with E-state index < -0.39 is 0 Å². The molecule has 0 aliphatic carbocycles. The summed E-state index contributed by atoms with van der Waals surface area (Å²) in [6.45, 7) is 0. The SMILES string of the molecule is c1ccc(-c2cc(-c3ccc(-c4cccc5c4oc4ccccc45)cc3)cc(-c3ccc(-c4cccc5c4oc4ccccc45)cc3)c2)cc1. The lowest BCUT2D eigenvalue weighted by Gasteiger charge is -2.13. The summed E-state index contributed by atoms with van der Waals surface area (Å²) in [4.78, 5) is 0. The van der Waals surface area contributed by atoms with Crippen molar-refractivity contribution < 1.29 is 8.83 Å². The molecule has 0 saturated carbocycles. The fourth-order valence-corrected chi connectivity index (χ4v) is 7.39. The van der Waals surface area contributed by atoms with E-state index in [0.717, 1.165) is 77.3 Å². The fraction of sp³-hybridized carbons (Fsp3) is 0. The van der Waals surface area contributed by atoms with Crippen LogP contribution in [0.15, 0.2) is 191 Å². The van der Waals surface area contributed by atoms with Crippen LogP contribution in [0, 0.1) is 0 Å². The Hall–Kier alpha value is -6.64. The van der Waals surface area contributed by atoms with Crippen molar-refractivity contribution in [3.63, 3.8) is 0 Å². The molecule has 0 spiro atoms. The van der Waals surface area contributed by atoms with E-state index in [0.29, 0.717) is 0 Å². The Morgan fingerprint density at radius 2 is 0.600 bits per heavy atom. The summed E-state index contributed by atoms with van der Waals surface area (Å²) in [7, 11) is 0. The van der Waals surface area contributed by atoms with Gasteiger partial charge in [-0.1, -0.05) is 152 Å². The van der Waals surface area contributed by atoms with Crippen molar-refractivity contribution >= 4 is 43.9 Å². The van der Waals surface area contributed by atoms with Crippen LogP contribution in [0.5, 0.6) is 0 Å². The molecule has 234 valence electrons. The van der Waals surface area contributed by atoms with Gasteiger partial charge in [0.2, 0.25) is 0 Å². The second-order valence-corrected chi connectivity index (χ2v) is 12.9. The molecule has 0 aliphatic heterocycles. The first-order valence-electron chi connectivity index (χ1n) is 17.0. The highest BCUT2D eigenvalue weighted by Crippen LogP contribution is 2.39.